The van der Waals surface area contributed by atoms with Gasteiger partial charge in [-0.15, -0.1) is 0 Å². The van der Waals surface area contributed by atoms with Gasteiger partial charge in [-0.2, -0.15) is 0 Å². The van der Waals surface area contributed by atoms with Gasteiger partial charge in [0, 0.05) is 49.1 Å². The van der Waals surface area contributed by atoms with E-state index in [0.29, 0.717) is 6.54 Å². The molecule has 1 aliphatic heterocycles. The van der Waals surface area contributed by atoms with E-state index in [-0.39, 0.29) is 35.5 Å². The van der Waals surface area contributed by atoms with Crippen molar-refractivity contribution in [3.63, 3.8) is 0 Å². The van der Waals surface area contributed by atoms with Crippen molar-refractivity contribution in [2.45, 2.75) is 46.2 Å². The van der Waals surface area contributed by atoms with E-state index in [1.165, 1.54) is 11.6 Å². The maximum atomic E-state index is 14.0. The molecule has 0 aromatic heterocycles. The third-order valence-electron chi connectivity index (χ3n) is 5.94. The molecule has 0 bridgehead atoms. The highest BCUT2D eigenvalue weighted by Gasteiger charge is 2.36. The Morgan fingerprint density at radius 3 is 2.43 bits per heavy atom. The highest BCUT2D eigenvalue weighted by molar-refractivity contribution is 6.30. The predicted octanol–water partition coefficient (Wildman–Crippen LogP) is 5.59. The van der Waals surface area contributed by atoms with Gasteiger partial charge >= 0.3 is 0 Å². The normalized spacial score (nSPS) is 19.6. The molecule has 1 aliphatic rings. The molecule has 1 saturated heterocycles. The van der Waals surface area contributed by atoms with Crippen LogP contribution in [0.5, 0.6) is 0 Å². The van der Waals surface area contributed by atoms with Crippen LogP contribution in [0.4, 0.5) is 4.39 Å². The molecule has 2 aromatic carbocycles. The first kappa shape index (κ1) is 22.8. The first-order valence-electron chi connectivity index (χ1n) is 10.8. The Morgan fingerprint density at radius 2 is 1.83 bits per heavy atom. The molecule has 0 spiro atoms. The number of benzene rings is 2. The molecule has 1 amide bonds. The third-order valence-corrected chi connectivity index (χ3v) is 6.20. The van der Waals surface area contributed by atoms with Gasteiger partial charge in [0.05, 0.1) is 0 Å². The number of halogens is 2. The SMILES string of the molecule is CC(C)C(=O)N(C[C@@H]1CN(Cc2ccc(Cl)cc2)C[C@@H]1c1cccc(F)c1)C(C)C. The number of likely N-dealkylation sites (tertiary alicyclic amines) is 1. The van der Waals surface area contributed by atoms with Gasteiger partial charge < -0.3 is 4.90 Å². The smallest absolute Gasteiger partial charge is 0.225 e. The molecule has 2 aromatic rings. The fraction of sp³-hybridized carbons (Fsp3) is 0.480. The standard InChI is InChI=1S/C25H32ClFN2O/c1-17(2)25(30)29(18(3)4)15-21-14-28(13-19-8-10-22(26)11-9-19)16-24(21)20-6-5-7-23(27)12-20/h5-12,17-18,21,24H,13-16H2,1-4H3/t21-,24+/m0/s1. The van der Waals surface area contributed by atoms with Crippen molar-refractivity contribution < 1.29 is 9.18 Å². The van der Waals surface area contributed by atoms with E-state index in [1.54, 1.807) is 12.1 Å². The molecule has 0 unspecified atom stereocenters. The Kier molecular flexibility index (Phi) is 7.54. The third kappa shape index (κ3) is 5.61. The fourth-order valence-electron chi connectivity index (χ4n) is 4.38. The second-order valence-corrected chi connectivity index (χ2v) is 9.42. The van der Waals surface area contributed by atoms with E-state index >= 15 is 0 Å². The molecule has 3 nitrogen and oxygen atoms in total. The van der Waals surface area contributed by atoms with E-state index in [9.17, 15) is 9.18 Å². The van der Waals surface area contributed by atoms with Gasteiger partial charge in [0.25, 0.3) is 0 Å². The fourth-order valence-corrected chi connectivity index (χ4v) is 4.50. The van der Waals surface area contributed by atoms with E-state index in [4.69, 9.17) is 11.6 Å². The molecule has 3 rings (SSSR count). The minimum absolute atomic E-state index is 0.0356. The topological polar surface area (TPSA) is 23.6 Å². The average Bonchev–Trinajstić information content (AvgIpc) is 3.09. The summed E-state index contributed by atoms with van der Waals surface area (Å²) >= 11 is 6.02. The second-order valence-electron chi connectivity index (χ2n) is 8.98. The molecule has 30 heavy (non-hydrogen) atoms. The van der Waals surface area contributed by atoms with Gasteiger partial charge in [-0.3, -0.25) is 9.69 Å². The summed E-state index contributed by atoms with van der Waals surface area (Å²) < 4.78 is 14.0. The van der Waals surface area contributed by atoms with E-state index in [2.05, 4.69) is 30.9 Å². The Bertz CT molecular complexity index is 852. The number of carbonyl (C=O) groups is 1. The van der Waals surface area contributed by atoms with Crippen LogP contribution in [0.25, 0.3) is 0 Å². The first-order valence-corrected chi connectivity index (χ1v) is 11.1. The Morgan fingerprint density at radius 1 is 1.13 bits per heavy atom. The molecule has 0 radical (unpaired) electrons. The lowest BCUT2D eigenvalue weighted by molar-refractivity contribution is -0.136. The van der Waals surface area contributed by atoms with Crippen LogP contribution in [-0.2, 0) is 11.3 Å². The molecule has 0 N–H and O–H groups in total. The molecular formula is C25H32ClFN2O. The number of rotatable bonds is 7. The summed E-state index contributed by atoms with van der Waals surface area (Å²) in [4.78, 5) is 17.2. The van der Waals surface area contributed by atoms with Gasteiger partial charge in [0.2, 0.25) is 5.91 Å². The van der Waals surface area contributed by atoms with E-state index < -0.39 is 0 Å². The van der Waals surface area contributed by atoms with Gasteiger partial charge in [0.1, 0.15) is 5.82 Å². The minimum atomic E-state index is -0.207. The van der Waals surface area contributed by atoms with E-state index in [0.717, 1.165) is 30.2 Å². The molecule has 0 saturated carbocycles. The zero-order valence-corrected chi connectivity index (χ0v) is 19.1. The van der Waals surface area contributed by atoms with Gasteiger partial charge in [-0.25, -0.2) is 4.39 Å². The van der Waals surface area contributed by atoms with Gasteiger partial charge in [-0.1, -0.05) is 49.7 Å². The van der Waals surface area contributed by atoms with Crippen LogP contribution in [0.15, 0.2) is 48.5 Å². The lowest BCUT2D eigenvalue weighted by Crippen LogP contribution is -2.43. The monoisotopic (exact) mass is 430 g/mol. The van der Waals surface area contributed by atoms with Crippen LogP contribution in [0, 0.1) is 17.7 Å². The minimum Gasteiger partial charge on any atom is -0.340 e. The largest absolute Gasteiger partial charge is 0.340 e. The first-order chi connectivity index (χ1) is 14.2. The highest BCUT2D eigenvalue weighted by atomic mass is 35.5. The van der Waals surface area contributed by atoms with Gasteiger partial charge in [0.15, 0.2) is 0 Å². The molecule has 162 valence electrons. The highest BCUT2D eigenvalue weighted by Crippen LogP contribution is 2.35. The van der Waals surface area contributed by atoms with Crippen LogP contribution in [0.1, 0.15) is 44.7 Å². The summed E-state index contributed by atoms with van der Waals surface area (Å²) in [5.74, 6) is 0.380. The van der Waals surface area contributed by atoms with Crippen LogP contribution in [-0.4, -0.2) is 41.4 Å². The Hall–Kier alpha value is -1.91. The Balaban J connectivity index is 1.83. The molecule has 0 aliphatic carbocycles. The molecule has 1 heterocycles. The van der Waals surface area contributed by atoms with Crippen LogP contribution < -0.4 is 0 Å². The van der Waals surface area contributed by atoms with Crippen LogP contribution in [0.2, 0.25) is 5.02 Å². The summed E-state index contributed by atoms with van der Waals surface area (Å²) in [6.07, 6.45) is 0. The number of hydrogen-bond donors (Lipinski definition) is 0. The lowest BCUT2D eigenvalue weighted by atomic mass is 9.88. The second kappa shape index (κ2) is 9.93. The van der Waals surface area contributed by atoms with Crippen molar-refractivity contribution in [2.24, 2.45) is 11.8 Å². The van der Waals surface area contributed by atoms with Crippen molar-refractivity contribution in [2.75, 3.05) is 19.6 Å². The number of hydrogen-bond acceptors (Lipinski definition) is 2. The van der Waals surface area contributed by atoms with E-state index in [1.807, 2.05) is 36.9 Å². The summed E-state index contributed by atoms with van der Waals surface area (Å²) in [6, 6.07) is 15.0. The average molecular weight is 431 g/mol. The summed E-state index contributed by atoms with van der Waals surface area (Å²) in [7, 11) is 0. The summed E-state index contributed by atoms with van der Waals surface area (Å²) in [5, 5.41) is 0.732. The molecule has 2 atom stereocenters. The van der Waals surface area contributed by atoms with Gasteiger partial charge in [-0.05, 0) is 55.2 Å². The van der Waals surface area contributed by atoms with Crippen molar-refractivity contribution in [3.05, 3.63) is 70.5 Å². The maximum absolute atomic E-state index is 14.0. The zero-order chi connectivity index (χ0) is 21.8. The van der Waals surface area contributed by atoms with Crippen molar-refractivity contribution in [3.8, 4) is 0 Å². The number of carbonyl (C=O) groups excluding carboxylic acids is 1. The predicted molar refractivity (Wildman–Crippen MR) is 121 cm³/mol. The van der Waals surface area contributed by atoms with Crippen LogP contribution >= 0.6 is 11.6 Å². The number of amides is 1. The number of nitrogens with zero attached hydrogens (tertiary/aromatic N) is 2. The van der Waals surface area contributed by atoms with Crippen molar-refractivity contribution in [1.82, 2.24) is 9.80 Å². The quantitative estimate of drug-likeness (QED) is 0.571. The Labute approximate surface area is 184 Å². The summed E-state index contributed by atoms with van der Waals surface area (Å²) in [6.45, 7) is 11.3. The lowest BCUT2D eigenvalue weighted by Gasteiger charge is -2.33. The van der Waals surface area contributed by atoms with Crippen molar-refractivity contribution >= 4 is 17.5 Å². The zero-order valence-electron chi connectivity index (χ0n) is 18.3. The molecule has 5 heteroatoms. The van der Waals surface area contributed by atoms with Crippen LogP contribution in [0.3, 0.4) is 0 Å². The molecule has 1 fully saturated rings. The molecular weight excluding hydrogens is 399 g/mol. The summed E-state index contributed by atoms with van der Waals surface area (Å²) in [5.41, 5.74) is 2.22. The maximum Gasteiger partial charge on any atom is 0.225 e. The van der Waals surface area contributed by atoms with Crippen molar-refractivity contribution in [1.29, 1.82) is 0 Å².